The minimum atomic E-state index is 0.606. The van der Waals surface area contributed by atoms with E-state index in [1.165, 1.54) is 41.3 Å². The maximum Gasteiger partial charge on any atom is 0.0516 e. The molecule has 4 rings (SSSR count). The Kier molecular flexibility index (Phi) is 2.13. The van der Waals surface area contributed by atoms with E-state index in [0.717, 1.165) is 13.1 Å². The minimum Gasteiger partial charge on any atom is -0.341 e. The second-order valence-electron chi connectivity index (χ2n) is 5.89. The van der Waals surface area contributed by atoms with E-state index in [4.69, 9.17) is 0 Å². The molecule has 0 bridgehead atoms. The van der Waals surface area contributed by atoms with Crippen molar-refractivity contribution in [3.63, 3.8) is 0 Å². The molecule has 1 aromatic heterocycles. The summed E-state index contributed by atoms with van der Waals surface area (Å²) in [5.74, 6) is 0. The molecule has 2 heteroatoms. The standard InChI is InChI=1S/C16H20N2/c1-10-8-11(2)15-13(9-10)12-4-3-5-14-16(12)18(15)7-6-17-14/h8-9,14,17H,3-7H2,1-2H3. The molecular weight excluding hydrogens is 220 g/mol. The van der Waals surface area contributed by atoms with Crippen LogP contribution in [0.15, 0.2) is 12.1 Å². The number of nitrogens with zero attached hydrogens (tertiary/aromatic N) is 1. The van der Waals surface area contributed by atoms with Gasteiger partial charge in [-0.3, -0.25) is 0 Å². The van der Waals surface area contributed by atoms with E-state index in [0.29, 0.717) is 6.04 Å². The molecule has 0 radical (unpaired) electrons. The Morgan fingerprint density at radius 1 is 1.28 bits per heavy atom. The summed E-state index contributed by atoms with van der Waals surface area (Å²) in [4.78, 5) is 0. The summed E-state index contributed by atoms with van der Waals surface area (Å²) >= 11 is 0. The Morgan fingerprint density at radius 3 is 3.06 bits per heavy atom. The number of rotatable bonds is 0. The third-order valence-electron chi connectivity index (χ3n) is 4.62. The molecular formula is C16H20N2. The Balaban J connectivity index is 2.15. The summed E-state index contributed by atoms with van der Waals surface area (Å²) in [6.45, 7) is 6.73. The van der Waals surface area contributed by atoms with Crippen molar-refractivity contribution < 1.29 is 0 Å². The predicted molar refractivity (Wildman–Crippen MR) is 75.1 cm³/mol. The van der Waals surface area contributed by atoms with Gasteiger partial charge in [0.05, 0.1) is 5.52 Å². The van der Waals surface area contributed by atoms with E-state index < -0.39 is 0 Å². The van der Waals surface area contributed by atoms with Crippen LogP contribution in [-0.4, -0.2) is 11.1 Å². The topological polar surface area (TPSA) is 17.0 Å². The monoisotopic (exact) mass is 240 g/mol. The van der Waals surface area contributed by atoms with Crippen molar-refractivity contribution in [2.75, 3.05) is 6.54 Å². The molecule has 1 unspecified atom stereocenters. The number of hydrogen-bond donors (Lipinski definition) is 1. The summed E-state index contributed by atoms with van der Waals surface area (Å²) in [6, 6.07) is 5.33. The first-order valence-electron chi connectivity index (χ1n) is 7.11. The van der Waals surface area contributed by atoms with Gasteiger partial charge in [0.1, 0.15) is 0 Å². The molecule has 2 aliphatic rings. The van der Waals surface area contributed by atoms with Crippen LogP contribution in [0.4, 0.5) is 0 Å². The molecule has 2 heterocycles. The fraction of sp³-hybridized carbons (Fsp3) is 0.500. The highest BCUT2D eigenvalue weighted by Gasteiger charge is 2.30. The van der Waals surface area contributed by atoms with Gasteiger partial charge >= 0.3 is 0 Å². The van der Waals surface area contributed by atoms with Crippen LogP contribution in [0, 0.1) is 13.8 Å². The normalized spacial score (nSPS) is 22.2. The SMILES string of the molecule is Cc1cc(C)c2c(c1)c1c3n2CCNC3CCC1. The molecule has 18 heavy (non-hydrogen) atoms. The van der Waals surface area contributed by atoms with Gasteiger partial charge in [-0.15, -0.1) is 0 Å². The molecule has 2 nitrogen and oxygen atoms in total. The van der Waals surface area contributed by atoms with Gasteiger partial charge in [-0.2, -0.15) is 0 Å². The molecule has 94 valence electrons. The highest BCUT2D eigenvalue weighted by atomic mass is 15.1. The van der Waals surface area contributed by atoms with Gasteiger partial charge in [0, 0.05) is 30.2 Å². The van der Waals surface area contributed by atoms with Crippen molar-refractivity contribution in [1.29, 1.82) is 0 Å². The Labute approximate surface area is 108 Å². The Morgan fingerprint density at radius 2 is 2.17 bits per heavy atom. The number of benzene rings is 1. The summed E-state index contributed by atoms with van der Waals surface area (Å²) in [6.07, 6.45) is 3.90. The van der Waals surface area contributed by atoms with Crippen molar-refractivity contribution in [3.05, 3.63) is 34.5 Å². The fourth-order valence-electron chi connectivity index (χ4n) is 4.03. The average Bonchev–Trinajstić information content (AvgIpc) is 2.67. The third-order valence-corrected chi connectivity index (χ3v) is 4.62. The van der Waals surface area contributed by atoms with Gasteiger partial charge < -0.3 is 9.88 Å². The number of fused-ring (bicyclic) bond motifs is 3. The molecule has 1 aliphatic heterocycles. The first kappa shape index (κ1) is 10.6. The quantitative estimate of drug-likeness (QED) is 0.748. The van der Waals surface area contributed by atoms with Crippen LogP contribution < -0.4 is 5.32 Å². The summed E-state index contributed by atoms with van der Waals surface area (Å²) in [7, 11) is 0. The summed E-state index contributed by atoms with van der Waals surface area (Å²) in [5.41, 5.74) is 7.56. The number of hydrogen-bond acceptors (Lipinski definition) is 1. The van der Waals surface area contributed by atoms with E-state index in [-0.39, 0.29) is 0 Å². The Hall–Kier alpha value is -1.28. The first-order chi connectivity index (χ1) is 8.75. The van der Waals surface area contributed by atoms with Crippen LogP contribution in [0.5, 0.6) is 0 Å². The maximum atomic E-state index is 3.69. The van der Waals surface area contributed by atoms with E-state index in [1.54, 1.807) is 11.3 Å². The lowest BCUT2D eigenvalue weighted by Crippen LogP contribution is -2.35. The molecule has 1 atom stereocenters. The highest BCUT2D eigenvalue weighted by Crippen LogP contribution is 2.40. The van der Waals surface area contributed by atoms with Gasteiger partial charge in [0.25, 0.3) is 0 Å². The molecule has 0 amide bonds. The highest BCUT2D eigenvalue weighted by molar-refractivity contribution is 5.89. The van der Waals surface area contributed by atoms with E-state index in [1.807, 2.05) is 0 Å². The van der Waals surface area contributed by atoms with Crippen LogP contribution >= 0.6 is 0 Å². The van der Waals surface area contributed by atoms with E-state index in [2.05, 4.69) is 35.9 Å². The smallest absolute Gasteiger partial charge is 0.0516 e. The lowest BCUT2D eigenvalue weighted by Gasteiger charge is -2.31. The first-order valence-corrected chi connectivity index (χ1v) is 7.11. The molecule has 1 aromatic carbocycles. The van der Waals surface area contributed by atoms with Crippen molar-refractivity contribution in [2.45, 2.75) is 45.7 Å². The van der Waals surface area contributed by atoms with Crippen LogP contribution in [0.1, 0.15) is 41.3 Å². The maximum absolute atomic E-state index is 3.69. The minimum absolute atomic E-state index is 0.606. The van der Waals surface area contributed by atoms with Crippen LogP contribution in [0.25, 0.3) is 10.9 Å². The van der Waals surface area contributed by atoms with Gasteiger partial charge in [-0.05, 0) is 50.3 Å². The predicted octanol–water partition coefficient (Wildman–Crippen LogP) is 3.24. The second kappa shape index (κ2) is 3.61. The third kappa shape index (κ3) is 1.27. The summed E-state index contributed by atoms with van der Waals surface area (Å²) < 4.78 is 2.60. The summed E-state index contributed by atoms with van der Waals surface area (Å²) in [5, 5.41) is 5.22. The molecule has 0 saturated heterocycles. The molecule has 1 N–H and O–H groups in total. The molecule has 0 fully saturated rings. The van der Waals surface area contributed by atoms with Crippen LogP contribution in [-0.2, 0) is 13.0 Å². The Bertz CT molecular complexity index is 634. The molecule has 2 aromatic rings. The zero-order valence-electron chi connectivity index (χ0n) is 11.2. The average molecular weight is 240 g/mol. The van der Waals surface area contributed by atoms with Crippen molar-refractivity contribution in [2.24, 2.45) is 0 Å². The van der Waals surface area contributed by atoms with Crippen molar-refractivity contribution >= 4 is 10.9 Å². The number of aryl methyl sites for hydroxylation is 3. The van der Waals surface area contributed by atoms with Gasteiger partial charge in [-0.25, -0.2) is 0 Å². The zero-order chi connectivity index (χ0) is 12.3. The lowest BCUT2D eigenvalue weighted by molar-refractivity contribution is 0.384. The van der Waals surface area contributed by atoms with Crippen LogP contribution in [0.2, 0.25) is 0 Å². The van der Waals surface area contributed by atoms with Gasteiger partial charge in [0.2, 0.25) is 0 Å². The van der Waals surface area contributed by atoms with Crippen molar-refractivity contribution in [1.82, 2.24) is 9.88 Å². The largest absolute Gasteiger partial charge is 0.341 e. The zero-order valence-corrected chi connectivity index (χ0v) is 11.2. The molecule has 0 spiro atoms. The lowest BCUT2D eigenvalue weighted by atomic mass is 9.90. The molecule has 1 aliphatic carbocycles. The molecule has 0 saturated carbocycles. The fourth-order valence-corrected chi connectivity index (χ4v) is 4.03. The van der Waals surface area contributed by atoms with E-state index in [9.17, 15) is 0 Å². The number of aromatic nitrogens is 1. The van der Waals surface area contributed by atoms with Crippen LogP contribution in [0.3, 0.4) is 0 Å². The number of nitrogens with one attached hydrogen (secondary N) is 1. The second-order valence-corrected chi connectivity index (χ2v) is 5.89. The van der Waals surface area contributed by atoms with Gasteiger partial charge in [0.15, 0.2) is 0 Å². The van der Waals surface area contributed by atoms with Crippen molar-refractivity contribution in [3.8, 4) is 0 Å². The van der Waals surface area contributed by atoms with Gasteiger partial charge in [-0.1, -0.05) is 11.6 Å². The van der Waals surface area contributed by atoms with E-state index >= 15 is 0 Å².